The molecule has 1 amide bonds. The summed E-state index contributed by atoms with van der Waals surface area (Å²) in [5, 5.41) is 13.1. The minimum Gasteiger partial charge on any atom is -1.00 e. The molecular formula is C15H13ClN3O5-. The average molecular weight is 351 g/mol. The van der Waals surface area contributed by atoms with Crippen LogP contribution in [0.15, 0.2) is 48.8 Å². The molecule has 8 nitrogen and oxygen atoms in total. The molecule has 2 aromatic rings. The van der Waals surface area contributed by atoms with Gasteiger partial charge in [-0.15, -0.1) is 0 Å². The third kappa shape index (κ3) is 5.33. The molecule has 0 spiro atoms. The topological polar surface area (TPSA) is 111 Å². The van der Waals surface area contributed by atoms with E-state index in [1.165, 1.54) is 30.5 Å². The minimum absolute atomic E-state index is 0. The van der Waals surface area contributed by atoms with Crippen LogP contribution in [0.4, 0.5) is 5.69 Å². The Morgan fingerprint density at radius 2 is 1.88 bits per heavy atom. The summed E-state index contributed by atoms with van der Waals surface area (Å²) in [6, 6.07) is 8.33. The monoisotopic (exact) mass is 350 g/mol. The molecule has 0 saturated carbocycles. The van der Waals surface area contributed by atoms with Gasteiger partial charge in [0.1, 0.15) is 6.61 Å². The Morgan fingerprint density at radius 3 is 2.46 bits per heavy atom. The molecule has 1 heterocycles. The fraction of sp³-hybridized carbons (Fsp3) is 0.133. The Morgan fingerprint density at radius 1 is 1.17 bits per heavy atom. The first-order valence-electron chi connectivity index (χ1n) is 6.68. The van der Waals surface area contributed by atoms with E-state index in [0.717, 1.165) is 0 Å². The number of amides is 1. The van der Waals surface area contributed by atoms with Gasteiger partial charge in [-0.1, -0.05) is 0 Å². The van der Waals surface area contributed by atoms with Crippen LogP contribution in [-0.2, 0) is 4.74 Å². The fourth-order valence-electron chi connectivity index (χ4n) is 1.71. The summed E-state index contributed by atoms with van der Waals surface area (Å²) in [5.41, 5.74) is 0.508. The van der Waals surface area contributed by atoms with E-state index in [-0.39, 0.29) is 42.7 Å². The van der Waals surface area contributed by atoms with Gasteiger partial charge < -0.3 is 22.5 Å². The van der Waals surface area contributed by atoms with E-state index < -0.39 is 10.9 Å². The first-order valence-corrected chi connectivity index (χ1v) is 6.68. The van der Waals surface area contributed by atoms with Gasteiger partial charge in [0, 0.05) is 24.5 Å². The highest BCUT2D eigenvalue weighted by molar-refractivity contribution is 5.93. The van der Waals surface area contributed by atoms with E-state index >= 15 is 0 Å². The van der Waals surface area contributed by atoms with Gasteiger partial charge in [0.05, 0.1) is 22.6 Å². The summed E-state index contributed by atoms with van der Waals surface area (Å²) in [7, 11) is 0. The van der Waals surface area contributed by atoms with Crippen LogP contribution in [0.5, 0.6) is 0 Å². The number of hydrogen-bond donors (Lipinski definition) is 1. The first-order chi connectivity index (χ1) is 11.1. The number of nitrogens with zero attached hydrogens (tertiary/aromatic N) is 2. The van der Waals surface area contributed by atoms with E-state index in [9.17, 15) is 19.7 Å². The van der Waals surface area contributed by atoms with E-state index in [4.69, 9.17) is 4.74 Å². The molecule has 0 radical (unpaired) electrons. The number of pyridine rings is 1. The standard InChI is InChI=1S/C15H13N3O5.ClH/c19-14(12-2-1-7-16-10-12)17-8-9-23-15(20)11-3-5-13(6-4-11)18(21)22;/h1-7,10H,8-9H2,(H,17,19);1H/p-1. The van der Waals surface area contributed by atoms with E-state index in [2.05, 4.69) is 10.3 Å². The summed E-state index contributed by atoms with van der Waals surface area (Å²) in [6.07, 6.45) is 2.99. The molecule has 126 valence electrons. The quantitative estimate of drug-likeness (QED) is 0.296. The molecule has 0 aliphatic heterocycles. The number of halogens is 1. The molecule has 9 heteroatoms. The third-order valence-electron chi connectivity index (χ3n) is 2.86. The Hall–Kier alpha value is -3.00. The molecule has 1 aromatic carbocycles. The van der Waals surface area contributed by atoms with Crippen molar-refractivity contribution in [3.8, 4) is 0 Å². The number of esters is 1. The lowest BCUT2D eigenvalue weighted by Crippen LogP contribution is -3.00. The second-order valence-electron chi connectivity index (χ2n) is 4.44. The number of rotatable bonds is 6. The van der Waals surface area contributed by atoms with Crippen molar-refractivity contribution in [2.24, 2.45) is 0 Å². The second-order valence-corrected chi connectivity index (χ2v) is 4.44. The maximum absolute atomic E-state index is 11.7. The molecule has 24 heavy (non-hydrogen) atoms. The maximum atomic E-state index is 11.7. The molecular weight excluding hydrogens is 338 g/mol. The Labute approximate surface area is 143 Å². The minimum atomic E-state index is -0.615. The highest BCUT2D eigenvalue weighted by Gasteiger charge is 2.11. The van der Waals surface area contributed by atoms with Crippen LogP contribution in [0, 0.1) is 10.1 Å². The van der Waals surface area contributed by atoms with Crippen molar-refractivity contribution in [3.63, 3.8) is 0 Å². The highest BCUT2D eigenvalue weighted by Crippen LogP contribution is 2.12. The molecule has 0 aliphatic carbocycles. The van der Waals surface area contributed by atoms with E-state index in [1.54, 1.807) is 18.3 Å². The van der Waals surface area contributed by atoms with Crippen molar-refractivity contribution >= 4 is 17.6 Å². The summed E-state index contributed by atoms with van der Waals surface area (Å²) < 4.78 is 4.98. The number of ether oxygens (including phenoxy) is 1. The van der Waals surface area contributed by atoms with Crippen LogP contribution in [0.25, 0.3) is 0 Å². The highest BCUT2D eigenvalue weighted by atomic mass is 35.5. The van der Waals surface area contributed by atoms with Crippen LogP contribution >= 0.6 is 0 Å². The average Bonchev–Trinajstić information content (AvgIpc) is 2.59. The number of benzene rings is 1. The van der Waals surface area contributed by atoms with Gasteiger partial charge in [-0.05, 0) is 24.3 Å². The van der Waals surface area contributed by atoms with Gasteiger partial charge in [0.15, 0.2) is 0 Å². The van der Waals surface area contributed by atoms with Gasteiger partial charge in [-0.25, -0.2) is 4.79 Å². The molecule has 0 atom stereocenters. The molecule has 1 N–H and O–H groups in total. The number of non-ortho nitro benzene ring substituents is 1. The van der Waals surface area contributed by atoms with Crippen molar-refractivity contribution in [1.29, 1.82) is 0 Å². The van der Waals surface area contributed by atoms with E-state index in [0.29, 0.717) is 5.56 Å². The van der Waals surface area contributed by atoms with Gasteiger partial charge in [0.2, 0.25) is 0 Å². The molecule has 0 aliphatic rings. The molecule has 0 bridgehead atoms. The molecule has 1 aromatic heterocycles. The van der Waals surface area contributed by atoms with Crippen molar-refractivity contribution in [2.45, 2.75) is 0 Å². The number of carbonyl (C=O) groups is 2. The largest absolute Gasteiger partial charge is 1.00 e. The number of hydrogen-bond acceptors (Lipinski definition) is 6. The lowest BCUT2D eigenvalue weighted by molar-refractivity contribution is -0.384. The van der Waals surface area contributed by atoms with Crippen LogP contribution < -0.4 is 17.7 Å². The summed E-state index contributed by atoms with van der Waals surface area (Å²) >= 11 is 0. The maximum Gasteiger partial charge on any atom is 0.338 e. The SMILES string of the molecule is O=C(NCCOC(=O)c1ccc([N+](=O)[O-])cc1)c1cccnc1.[Cl-]. The van der Waals surface area contributed by atoms with Crippen LogP contribution in [0.3, 0.4) is 0 Å². The van der Waals surface area contributed by atoms with Crippen LogP contribution in [-0.4, -0.2) is 34.9 Å². The van der Waals surface area contributed by atoms with Gasteiger partial charge >= 0.3 is 5.97 Å². The smallest absolute Gasteiger partial charge is 0.338 e. The lowest BCUT2D eigenvalue weighted by atomic mass is 10.2. The summed E-state index contributed by atoms with van der Waals surface area (Å²) in [5.74, 6) is -0.931. The van der Waals surface area contributed by atoms with Gasteiger partial charge in [-0.3, -0.25) is 19.9 Å². The molecule has 0 fully saturated rings. The zero-order valence-corrected chi connectivity index (χ0v) is 13.1. The van der Waals surface area contributed by atoms with Crippen LogP contribution in [0.2, 0.25) is 0 Å². The second kappa shape index (κ2) is 9.21. The summed E-state index contributed by atoms with van der Waals surface area (Å²) in [4.78, 5) is 37.2. The third-order valence-corrected chi connectivity index (χ3v) is 2.86. The molecule has 0 saturated heterocycles. The van der Waals surface area contributed by atoms with Gasteiger partial charge in [0.25, 0.3) is 11.6 Å². The predicted molar refractivity (Wildman–Crippen MR) is 79.9 cm³/mol. The van der Waals surface area contributed by atoms with Crippen molar-refractivity contribution < 1.29 is 31.7 Å². The number of nitro groups is 1. The lowest BCUT2D eigenvalue weighted by Gasteiger charge is -2.06. The van der Waals surface area contributed by atoms with Crippen LogP contribution in [0.1, 0.15) is 20.7 Å². The van der Waals surface area contributed by atoms with Crippen molar-refractivity contribution in [1.82, 2.24) is 10.3 Å². The molecule has 0 unspecified atom stereocenters. The van der Waals surface area contributed by atoms with Gasteiger partial charge in [-0.2, -0.15) is 0 Å². The Kier molecular flexibility index (Phi) is 7.31. The Bertz CT molecular complexity index is 707. The number of nitrogens with one attached hydrogen (secondary N) is 1. The molecule has 2 rings (SSSR count). The normalized spacial score (nSPS) is 9.50. The summed E-state index contributed by atoms with van der Waals surface area (Å²) in [6.45, 7) is 0.133. The number of aromatic nitrogens is 1. The zero-order valence-electron chi connectivity index (χ0n) is 12.3. The van der Waals surface area contributed by atoms with E-state index in [1.807, 2.05) is 0 Å². The van der Waals surface area contributed by atoms with Crippen molar-refractivity contribution in [2.75, 3.05) is 13.2 Å². The fourth-order valence-corrected chi connectivity index (χ4v) is 1.71. The van der Waals surface area contributed by atoms with Crippen molar-refractivity contribution in [3.05, 3.63) is 70.0 Å². The zero-order chi connectivity index (χ0) is 16.7. The number of carbonyl (C=O) groups excluding carboxylic acids is 2. The first kappa shape index (κ1) is 19.0. The Balaban J connectivity index is 0.00000288. The predicted octanol–water partition coefficient (Wildman–Crippen LogP) is -1.42. The number of nitro benzene ring substituents is 1.